The number of nitrogens with two attached hydrogens (primary N) is 1. The summed E-state index contributed by atoms with van der Waals surface area (Å²) < 4.78 is 0. The summed E-state index contributed by atoms with van der Waals surface area (Å²) in [7, 11) is 0. The fourth-order valence-electron chi connectivity index (χ4n) is 0.450. The standard InChI is InChI=1S/C6H6NS/c7-8-6-4-2-1-3-5-6/h1-2,4-5H,7H2. The van der Waals surface area contributed by atoms with Gasteiger partial charge in [-0.25, -0.2) is 0 Å². The number of hydrogen-bond donors (Lipinski definition) is 1. The van der Waals surface area contributed by atoms with Crippen LogP contribution >= 0.6 is 11.9 Å². The van der Waals surface area contributed by atoms with E-state index in [1.54, 1.807) is 0 Å². The molecule has 0 saturated heterocycles. The highest BCUT2D eigenvalue weighted by molar-refractivity contribution is 7.97. The minimum atomic E-state index is 1.05. The first-order valence-electron chi connectivity index (χ1n) is 2.26. The largest absolute Gasteiger partial charge is 0.274 e. The molecule has 0 aromatic heterocycles. The van der Waals surface area contributed by atoms with Crippen molar-refractivity contribution in [3.63, 3.8) is 0 Å². The Morgan fingerprint density at radius 1 is 1.62 bits per heavy atom. The minimum absolute atomic E-state index is 1.05. The van der Waals surface area contributed by atoms with Gasteiger partial charge in [-0.15, -0.1) is 0 Å². The molecule has 0 unspecified atom stereocenters. The molecule has 0 amide bonds. The molecule has 0 spiro atoms. The van der Waals surface area contributed by atoms with Crippen LogP contribution in [0.25, 0.3) is 0 Å². The summed E-state index contributed by atoms with van der Waals surface area (Å²) in [6.45, 7) is 0. The Balaban J connectivity index is 2.83. The van der Waals surface area contributed by atoms with Crippen molar-refractivity contribution in [3.8, 4) is 0 Å². The average molecular weight is 124 g/mol. The monoisotopic (exact) mass is 124 g/mol. The molecule has 0 atom stereocenters. The summed E-state index contributed by atoms with van der Waals surface area (Å²) in [5.74, 6) is 0. The van der Waals surface area contributed by atoms with Gasteiger partial charge in [-0.3, -0.25) is 5.14 Å². The molecule has 0 aliphatic heterocycles. The van der Waals surface area contributed by atoms with Crippen LogP contribution < -0.4 is 5.14 Å². The maximum atomic E-state index is 5.25. The summed E-state index contributed by atoms with van der Waals surface area (Å²) in [5, 5.41) is 5.25. The summed E-state index contributed by atoms with van der Waals surface area (Å²) in [5.41, 5.74) is 0. The molecular formula is C6H6NS. The maximum Gasteiger partial charge on any atom is 0.0232 e. The third-order valence-corrected chi connectivity index (χ3v) is 1.34. The van der Waals surface area contributed by atoms with Gasteiger partial charge < -0.3 is 0 Å². The molecule has 0 fully saturated rings. The van der Waals surface area contributed by atoms with Crippen LogP contribution in [0.3, 0.4) is 0 Å². The number of benzene rings is 1. The van der Waals surface area contributed by atoms with Gasteiger partial charge >= 0.3 is 0 Å². The molecule has 0 aliphatic rings. The van der Waals surface area contributed by atoms with E-state index >= 15 is 0 Å². The Bertz CT molecular complexity index is 150. The lowest BCUT2D eigenvalue weighted by molar-refractivity contribution is 1.45. The van der Waals surface area contributed by atoms with E-state index in [1.165, 1.54) is 11.9 Å². The zero-order valence-electron chi connectivity index (χ0n) is 4.29. The van der Waals surface area contributed by atoms with Crippen LogP contribution in [0.2, 0.25) is 0 Å². The van der Waals surface area contributed by atoms with Crippen LogP contribution in [0.4, 0.5) is 0 Å². The second-order valence-electron chi connectivity index (χ2n) is 1.36. The second-order valence-corrected chi connectivity index (χ2v) is 2.06. The molecule has 1 rings (SSSR count). The second kappa shape index (κ2) is 2.74. The summed E-state index contributed by atoms with van der Waals surface area (Å²) >= 11 is 1.24. The van der Waals surface area contributed by atoms with Gasteiger partial charge in [0.2, 0.25) is 0 Å². The molecule has 41 valence electrons. The van der Waals surface area contributed by atoms with Crippen molar-refractivity contribution in [2.24, 2.45) is 5.14 Å². The van der Waals surface area contributed by atoms with Crippen LogP contribution in [-0.4, -0.2) is 0 Å². The summed E-state index contributed by atoms with van der Waals surface area (Å²) in [6, 6.07) is 10.5. The summed E-state index contributed by atoms with van der Waals surface area (Å²) in [4.78, 5) is 1.05. The number of hydrogen-bond acceptors (Lipinski definition) is 2. The van der Waals surface area contributed by atoms with Gasteiger partial charge in [0.25, 0.3) is 0 Å². The fourth-order valence-corrected chi connectivity index (χ4v) is 0.743. The maximum absolute atomic E-state index is 5.25. The molecule has 1 aromatic rings. The van der Waals surface area contributed by atoms with Crippen molar-refractivity contribution in [1.29, 1.82) is 0 Å². The van der Waals surface area contributed by atoms with E-state index < -0.39 is 0 Å². The first kappa shape index (κ1) is 5.66. The van der Waals surface area contributed by atoms with Crippen LogP contribution in [0, 0.1) is 6.07 Å². The topological polar surface area (TPSA) is 26.0 Å². The Morgan fingerprint density at radius 3 is 2.88 bits per heavy atom. The number of rotatable bonds is 1. The van der Waals surface area contributed by atoms with Gasteiger partial charge in [-0.1, -0.05) is 12.1 Å². The first-order valence-corrected chi connectivity index (χ1v) is 3.14. The van der Waals surface area contributed by atoms with Crippen molar-refractivity contribution in [1.82, 2.24) is 0 Å². The molecular weight excluding hydrogens is 118 g/mol. The highest BCUT2D eigenvalue weighted by atomic mass is 32.2. The van der Waals surface area contributed by atoms with Gasteiger partial charge in [0, 0.05) is 4.90 Å². The first-order chi connectivity index (χ1) is 3.93. The highest BCUT2D eigenvalue weighted by Gasteiger charge is 1.81. The van der Waals surface area contributed by atoms with E-state index in [2.05, 4.69) is 6.07 Å². The quantitative estimate of drug-likeness (QED) is 0.573. The van der Waals surface area contributed by atoms with Crippen LogP contribution in [0.1, 0.15) is 0 Å². The van der Waals surface area contributed by atoms with E-state index in [-0.39, 0.29) is 0 Å². The lowest BCUT2D eigenvalue weighted by Crippen LogP contribution is -1.75. The molecule has 0 aliphatic carbocycles. The van der Waals surface area contributed by atoms with Gasteiger partial charge in [0.05, 0.1) is 0 Å². The van der Waals surface area contributed by atoms with Crippen molar-refractivity contribution < 1.29 is 0 Å². The Labute approximate surface area is 53.0 Å². The molecule has 2 heteroatoms. The van der Waals surface area contributed by atoms with E-state index in [4.69, 9.17) is 5.14 Å². The summed E-state index contributed by atoms with van der Waals surface area (Å²) in [6.07, 6.45) is 0. The highest BCUT2D eigenvalue weighted by Crippen LogP contribution is 2.07. The van der Waals surface area contributed by atoms with Crippen molar-refractivity contribution in [3.05, 3.63) is 30.3 Å². The van der Waals surface area contributed by atoms with Crippen molar-refractivity contribution >= 4 is 11.9 Å². The molecule has 1 nitrogen and oxygen atoms in total. The van der Waals surface area contributed by atoms with Crippen LogP contribution in [0.5, 0.6) is 0 Å². The lowest BCUT2D eigenvalue weighted by atomic mass is 10.4. The molecule has 8 heavy (non-hydrogen) atoms. The fraction of sp³-hybridized carbons (Fsp3) is 0. The smallest absolute Gasteiger partial charge is 0.0232 e. The molecule has 1 aromatic carbocycles. The van der Waals surface area contributed by atoms with Gasteiger partial charge in [0.1, 0.15) is 0 Å². The average Bonchev–Trinajstić information content (AvgIpc) is 1.90. The zero-order chi connectivity index (χ0) is 5.82. The Morgan fingerprint density at radius 2 is 2.50 bits per heavy atom. The van der Waals surface area contributed by atoms with Crippen LogP contribution in [-0.2, 0) is 0 Å². The van der Waals surface area contributed by atoms with E-state index in [9.17, 15) is 0 Å². The van der Waals surface area contributed by atoms with Gasteiger partial charge in [0.15, 0.2) is 0 Å². The Kier molecular flexibility index (Phi) is 1.94. The molecule has 0 bridgehead atoms. The molecule has 2 N–H and O–H groups in total. The van der Waals surface area contributed by atoms with Crippen molar-refractivity contribution in [2.75, 3.05) is 0 Å². The molecule has 0 saturated carbocycles. The van der Waals surface area contributed by atoms with E-state index in [0.717, 1.165) is 4.90 Å². The molecule has 0 heterocycles. The molecule has 1 radical (unpaired) electrons. The minimum Gasteiger partial charge on any atom is -0.274 e. The predicted molar refractivity (Wildman–Crippen MR) is 35.3 cm³/mol. The zero-order valence-corrected chi connectivity index (χ0v) is 5.11. The van der Waals surface area contributed by atoms with Gasteiger partial charge in [-0.05, 0) is 30.1 Å². The van der Waals surface area contributed by atoms with E-state index in [1.807, 2.05) is 24.3 Å². The third kappa shape index (κ3) is 1.25. The Hall–Kier alpha value is -0.470. The van der Waals surface area contributed by atoms with Crippen LogP contribution in [0.15, 0.2) is 29.2 Å². The van der Waals surface area contributed by atoms with Crippen molar-refractivity contribution in [2.45, 2.75) is 4.90 Å². The third-order valence-electron chi connectivity index (χ3n) is 0.815. The van der Waals surface area contributed by atoms with Gasteiger partial charge in [-0.2, -0.15) is 0 Å². The SMILES string of the molecule is NSc1c[c]ccc1. The normalized spacial score (nSPS) is 9.12. The lowest BCUT2D eigenvalue weighted by Gasteiger charge is -1.88. The predicted octanol–water partition coefficient (Wildman–Crippen LogP) is 1.45. The van der Waals surface area contributed by atoms with E-state index in [0.29, 0.717) is 0 Å².